The zero-order chi connectivity index (χ0) is 19.5. The quantitative estimate of drug-likeness (QED) is 0.763. The zero-order valence-electron chi connectivity index (χ0n) is 17.1. The lowest BCUT2D eigenvalue weighted by Gasteiger charge is -2.66. The van der Waals surface area contributed by atoms with E-state index in [-0.39, 0.29) is 33.9 Å². The summed E-state index contributed by atoms with van der Waals surface area (Å²) in [6.07, 6.45) is 8.72. The van der Waals surface area contributed by atoms with Crippen LogP contribution >= 0.6 is 0 Å². The fourth-order valence-corrected chi connectivity index (χ4v) is 7.50. The molecule has 8 atom stereocenters. The van der Waals surface area contributed by atoms with Gasteiger partial charge in [-0.1, -0.05) is 59.6 Å². The fraction of sp³-hybridized carbons (Fsp3) is 0.739. The van der Waals surface area contributed by atoms with Crippen LogP contribution in [-0.2, 0) is 9.59 Å². The van der Waals surface area contributed by atoms with Crippen LogP contribution in [0, 0.1) is 39.9 Å². The zero-order valence-corrected chi connectivity index (χ0v) is 17.1. The Labute approximate surface area is 157 Å². The van der Waals surface area contributed by atoms with Gasteiger partial charge in [-0.05, 0) is 47.7 Å². The second-order valence-corrected chi connectivity index (χ2v) is 9.87. The number of ketones is 1. The highest BCUT2D eigenvalue weighted by atomic mass is 16.3. The SMILES string of the molecule is CCC1C(C)(C(C)C=O)CC(O)C2C3(C)C=CC(=O)C=C3C(C)CC21C. The van der Waals surface area contributed by atoms with Crippen molar-refractivity contribution in [3.8, 4) is 0 Å². The van der Waals surface area contributed by atoms with Crippen molar-refractivity contribution in [2.45, 2.75) is 66.9 Å². The predicted octanol–water partition coefficient (Wildman–Crippen LogP) is 4.35. The average molecular weight is 359 g/mol. The van der Waals surface area contributed by atoms with E-state index in [2.05, 4.69) is 34.6 Å². The van der Waals surface area contributed by atoms with Crippen LogP contribution in [0.3, 0.4) is 0 Å². The van der Waals surface area contributed by atoms with Gasteiger partial charge in [0.05, 0.1) is 6.10 Å². The summed E-state index contributed by atoms with van der Waals surface area (Å²) in [6, 6.07) is 0. The molecule has 0 saturated heterocycles. The Morgan fingerprint density at radius 3 is 2.54 bits per heavy atom. The summed E-state index contributed by atoms with van der Waals surface area (Å²) in [7, 11) is 0. The van der Waals surface area contributed by atoms with Gasteiger partial charge in [0.15, 0.2) is 5.78 Å². The lowest BCUT2D eigenvalue weighted by Crippen LogP contribution is -2.63. The van der Waals surface area contributed by atoms with Crippen molar-refractivity contribution in [3.05, 3.63) is 23.8 Å². The summed E-state index contributed by atoms with van der Waals surface area (Å²) >= 11 is 0. The van der Waals surface area contributed by atoms with Crippen LogP contribution in [0.2, 0.25) is 0 Å². The van der Waals surface area contributed by atoms with Crippen molar-refractivity contribution in [2.75, 3.05) is 0 Å². The maximum Gasteiger partial charge on any atom is 0.178 e. The second-order valence-electron chi connectivity index (χ2n) is 9.87. The van der Waals surface area contributed by atoms with E-state index in [1.54, 1.807) is 12.2 Å². The van der Waals surface area contributed by atoms with Crippen LogP contribution in [0.25, 0.3) is 0 Å². The molecule has 1 N–H and O–H groups in total. The van der Waals surface area contributed by atoms with Gasteiger partial charge in [0, 0.05) is 17.3 Å². The van der Waals surface area contributed by atoms with Crippen LogP contribution in [0.5, 0.6) is 0 Å². The third kappa shape index (κ3) is 2.42. The molecule has 0 heterocycles. The third-order valence-corrected chi connectivity index (χ3v) is 8.43. The average Bonchev–Trinajstić information content (AvgIpc) is 2.54. The lowest BCUT2D eigenvalue weighted by molar-refractivity contribution is -0.186. The van der Waals surface area contributed by atoms with Gasteiger partial charge in [-0.3, -0.25) is 4.79 Å². The van der Waals surface area contributed by atoms with Crippen molar-refractivity contribution in [1.82, 2.24) is 0 Å². The smallest absolute Gasteiger partial charge is 0.178 e. The number of hydrogen-bond donors (Lipinski definition) is 1. The number of aliphatic hydroxyl groups is 1. The van der Waals surface area contributed by atoms with E-state index < -0.39 is 6.10 Å². The monoisotopic (exact) mass is 358 g/mol. The van der Waals surface area contributed by atoms with Gasteiger partial charge in [0.25, 0.3) is 0 Å². The molecular formula is C23H34O3. The minimum absolute atomic E-state index is 0.0599. The molecule has 0 amide bonds. The van der Waals surface area contributed by atoms with Gasteiger partial charge in [0.1, 0.15) is 6.29 Å². The number of aldehydes is 1. The van der Waals surface area contributed by atoms with Crippen LogP contribution < -0.4 is 0 Å². The first-order valence-corrected chi connectivity index (χ1v) is 10.1. The molecule has 8 unspecified atom stereocenters. The summed E-state index contributed by atoms with van der Waals surface area (Å²) in [5, 5.41) is 11.4. The summed E-state index contributed by atoms with van der Waals surface area (Å²) in [5.74, 6) is 0.701. The van der Waals surface area contributed by atoms with Crippen LogP contribution in [0.1, 0.15) is 60.8 Å². The van der Waals surface area contributed by atoms with Crippen molar-refractivity contribution in [3.63, 3.8) is 0 Å². The molecule has 144 valence electrons. The molecule has 3 aliphatic rings. The number of allylic oxidation sites excluding steroid dienone is 4. The Morgan fingerprint density at radius 1 is 1.31 bits per heavy atom. The summed E-state index contributed by atoms with van der Waals surface area (Å²) in [5.41, 5.74) is 0.605. The van der Waals surface area contributed by atoms with E-state index in [0.717, 1.165) is 19.1 Å². The van der Waals surface area contributed by atoms with Gasteiger partial charge < -0.3 is 9.90 Å². The highest BCUT2D eigenvalue weighted by molar-refractivity contribution is 6.01. The molecule has 0 bridgehead atoms. The van der Waals surface area contributed by atoms with Crippen LogP contribution in [-0.4, -0.2) is 23.3 Å². The molecule has 0 aromatic carbocycles. The lowest BCUT2D eigenvalue weighted by atomic mass is 9.38. The Morgan fingerprint density at radius 2 is 1.96 bits per heavy atom. The van der Waals surface area contributed by atoms with Gasteiger partial charge in [-0.25, -0.2) is 0 Å². The van der Waals surface area contributed by atoms with Crippen LogP contribution in [0.15, 0.2) is 23.8 Å². The fourth-order valence-electron chi connectivity index (χ4n) is 7.50. The molecular weight excluding hydrogens is 324 g/mol. The molecule has 2 saturated carbocycles. The first-order chi connectivity index (χ1) is 12.0. The maximum atomic E-state index is 12.0. The van der Waals surface area contributed by atoms with Crippen molar-refractivity contribution in [1.29, 1.82) is 0 Å². The molecule has 0 aromatic heterocycles. The van der Waals surface area contributed by atoms with E-state index in [4.69, 9.17) is 0 Å². The normalized spacial score (nSPS) is 49.0. The molecule has 2 fully saturated rings. The molecule has 3 heteroatoms. The van der Waals surface area contributed by atoms with Gasteiger partial charge >= 0.3 is 0 Å². The standard InChI is InChI=1S/C23H34O3/c1-7-19-22(5,15(3)13-24)12-18(26)20-21(4)9-8-16(25)10-17(21)14(2)11-23(19,20)6/h8-10,13-15,18-20,26H,7,11-12H2,1-6H3. The molecule has 0 radical (unpaired) electrons. The molecule has 26 heavy (non-hydrogen) atoms. The van der Waals surface area contributed by atoms with Crippen LogP contribution in [0.4, 0.5) is 0 Å². The number of hydrogen-bond acceptors (Lipinski definition) is 3. The van der Waals surface area contributed by atoms with Crippen molar-refractivity contribution in [2.24, 2.45) is 39.9 Å². The molecule has 0 aliphatic heterocycles. The number of aliphatic hydroxyl groups excluding tert-OH is 1. The molecule has 3 aliphatic carbocycles. The second kappa shape index (κ2) is 6.15. The summed E-state index contributed by atoms with van der Waals surface area (Å²) in [4.78, 5) is 23.7. The first kappa shape index (κ1) is 19.5. The van der Waals surface area contributed by atoms with Gasteiger partial charge in [0.2, 0.25) is 0 Å². The molecule has 3 rings (SSSR count). The first-order valence-electron chi connectivity index (χ1n) is 10.1. The van der Waals surface area contributed by atoms with Gasteiger partial charge in [-0.2, -0.15) is 0 Å². The Hall–Kier alpha value is -1.22. The van der Waals surface area contributed by atoms with E-state index in [0.29, 0.717) is 18.3 Å². The number of fused-ring (bicyclic) bond motifs is 3. The van der Waals surface area contributed by atoms with Crippen molar-refractivity contribution < 1.29 is 14.7 Å². The highest BCUT2D eigenvalue weighted by Crippen LogP contribution is 2.69. The largest absolute Gasteiger partial charge is 0.393 e. The van der Waals surface area contributed by atoms with E-state index >= 15 is 0 Å². The highest BCUT2D eigenvalue weighted by Gasteiger charge is 2.65. The molecule has 0 aromatic rings. The van der Waals surface area contributed by atoms with Crippen molar-refractivity contribution >= 4 is 12.1 Å². The van der Waals surface area contributed by atoms with Gasteiger partial charge in [-0.15, -0.1) is 0 Å². The minimum Gasteiger partial charge on any atom is -0.393 e. The van der Waals surface area contributed by atoms with E-state index in [1.807, 2.05) is 13.0 Å². The molecule has 3 nitrogen and oxygen atoms in total. The summed E-state index contributed by atoms with van der Waals surface area (Å²) < 4.78 is 0. The van der Waals surface area contributed by atoms with E-state index in [1.165, 1.54) is 5.57 Å². The topological polar surface area (TPSA) is 54.4 Å². The number of rotatable bonds is 3. The predicted molar refractivity (Wildman–Crippen MR) is 103 cm³/mol. The third-order valence-electron chi connectivity index (χ3n) is 8.43. The maximum absolute atomic E-state index is 12.0. The number of carbonyl (C=O) groups excluding carboxylic acids is 2. The Kier molecular flexibility index (Phi) is 4.62. The summed E-state index contributed by atoms with van der Waals surface area (Å²) in [6.45, 7) is 13.2. The Bertz CT molecular complexity index is 677. The van der Waals surface area contributed by atoms with E-state index in [9.17, 15) is 14.7 Å². The number of carbonyl (C=O) groups is 2. The molecule has 0 spiro atoms. The minimum atomic E-state index is -0.478. The Balaban J connectivity index is 2.17.